The molecule has 1 N–H and O–H groups in total. The summed E-state index contributed by atoms with van der Waals surface area (Å²) < 4.78 is 0. The van der Waals surface area contributed by atoms with Crippen LogP contribution < -0.4 is 10.2 Å². The van der Waals surface area contributed by atoms with Crippen LogP contribution in [0.1, 0.15) is 37.7 Å². The van der Waals surface area contributed by atoms with Gasteiger partial charge >= 0.3 is 0 Å². The van der Waals surface area contributed by atoms with Crippen molar-refractivity contribution in [3.05, 3.63) is 29.8 Å². The van der Waals surface area contributed by atoms with Crippen molar-refractivity contribution in [3.63, 3.8) is 0 Å². The van der Waals surface area contributed by atoms with Gasteiger partial charge in [-0.1, -0.05) is 30.5 Å². The van der Waals surface area contributed by atoms with Crippen molar-refractivity contribution in [3.8, 4) is 0 Å². The first-order valence-electron chi connectivity index (χ1n) is 7.76. The summed E-state index contributed by atoms with van der Waals surface area (Å²) in [5.74, 6) is 0.949. The molecular weight excluding hydrogens is 232 g/mol. The van der Waals surface area contributed by atoms with Crippen molar-refractivity contribution in [1.29, 1.82) is 0 Å². The number of benzene rings is 1. The maximum atomic E-state index is 3.86. The Bertz CT molecular complexity index is 398. The number of aryl methyl sites for hydroxylation is 1. The van der Waals surface area contributed by atoms with Gasteiger partial charge in [-0.05, 0) is 44.2 Å². The zero-order valence-electron chi connectivity index (χ0n) is 12.2. The molecule has 1 aliphatic carbocycles. The SMILES string of the molecule is Cc1ccc(N(C)CC2CC3CCCCC3N2)cc1. The molecule has 0 radical (unpaired) electrons. The Labute approximate surface area is 117 Å². The molecule has 1 saturated heterocycles. The molecule has 2 heteroatoms. The summed E-state index contributed by atoms with van der Waals surface area (Å²) in [6.45, 7) is 3.28. The fourth-order valence-corrected chi connectivity index (χ4v) is 3.81. The second kappa shape index (κ2) is 5.54. The average Bonchev–Trinajstić information content (AvgIpc) is 2.81. The molecule has 3 unspecified atom stereocenters. The van der Waals surface area contributed by atoms with Crippen LogP contribution in [0, 0.1) is 12.8 Å². The molecule has 2 fully saturated rings. The van der Waals surface area contributed by atoms with E-state index in [0.29, 0.717) is 6.04 Å². The topological polar surface area (TPSA) is 15.3 Å². The summed E-state index contributed by atoms with van der Waals surface area (Å²) in [5, 5.41) is 3.86. The molecule has 3 rings (SSSR count). The smallest absolute Gasteiger partial charge is 0.0364 e. The minimum atomic E-state index is 0.680. The van der Waals surface area contributed by atoms with Gasteiger partial charge in [0.2, 0.25) is 0 Å². The van der Waals surface area contributed by atoms with E-state index in [1.165, 1.54) is 43.4 Å². The van der Waals surface area contributed by atoms with Crippen LogP contribution in [-0.2, 0) is 0 Å². The molecule has 0 aromatic heterocycles. The third-order valence-electron chi connectivity index (χ3n) is 4.92. The maximum Gasteiger partial charge on any atom is 0.0364 e. The van der Waals surface area contributed by atoms with Gasteiger partial charge in [-0.3, -0.25) is 0 Å². The van der Waals surface area contributed by atoms with E-state index in [-0.39, 0.29) is 0 Å². The number of nitrogens with one attached hydrogen (secondary N) is 1. The normalized spacial score (nSPS) is 30.1. The summed E-state index contributed by atoms with van der Waals surface area (Å²) in [4.78, 5) is 2.40. The first kappa shape index (κ1) is 13.0. The number of nitrogens with zero attached hydrogens (tertiary/aromatic N) is 1. The van der Waals surface area contributed by atoms with Crippen LogP contribution in [0.4, 0.5) is 5.69 Å². The van der Waals surface area contributed by atoms with E-state index in [4.69, 9.17) is 0 Å². The third kappa shape index (κ3) is 2.94. The number of hydrogen-bond donors (Lipinski definition) is 1. The lowest BCUT2D eigenvalue weighted by Crippen LogP contribution is -2.39. The van der Waals surface area contributed by atoms with Crippen LogP contribution in [-0.4, -0.2) is 25.7 Å². The monoisotopic (exact) mass is 258 g/mol. The van der Waals surface area contributed by atoms with Gasteiger partial charge in [0.15, 0.2) is 0 Å². The zero-order valence-corrected chi connectivity index (χ0v) is 12.2. The lowest BCUT2D eigenvalue weighted by molar-refractivity contribution is 0.325. The van der Waals surface area contributed by atoms with Crippen LogP contribution in [0.2, 0.25) is 0 Å². The highest BCUT2D eigenvalue weighted by Crippen LogP contribution is 2.33. The van der Waals surface area contributed by atoms with Crippen molar-refractivity contribution in [2.24, 2.45) is 5.92 Å². The lowest BCUT2D eigenvalue weighted by atomic mass is 9.85. The molecule has 1 heterocycles. The molecule has 2 aliphatic rings. The van der Waals surface area contributed by atoms with Crippen LogP contribution in [0.3, 0.4) is 0 Å². The third-order valence-corrected chi connectivity index (χ3v) is 4.92. The van der Waals surface area contributed by atoms with E-state index in [0.717, 1.165) is 18.5 Å². The minimum absolute atomic E-state index is 0.680. The van der Waals surface area contributed by atoms with Gasteiger partial charge in [-0.15, -0.1) is 0 Å². The van der Waals surface area contributed by atoms with E-state index in [1.54, 1.807) is 0 Å². The molecule has 1 aromatic rings. The van der Waals surface area contributed by atoms with Gasteiger partial charge in [-0.25, -0.2) is 0 Å². The molecule has 1 aliphatic heterocycles. The molecule has 19 heavy (non-hydrogen) atoms. The minimum Gasteiger partial charge on any atom is -0.373 e. The molecule has 0 amide bonds. The van der Waals surface area contributed by atoms with Crippen LogP contribution in [0.25, 0.3) is 0 Å². The quantitative estimate of drug-likeness (QED) is 0.894. The predicted molar refractivity (Wildman–Crippen MR) is 81.7 cm³/mol. The highest BCUT2D eigenvalue weighted by atomic mass is 15.1. The Morgan fingerprint density at radius 1 is 1.16 bits per heavy atom. The van der Waals surface area contributed by atoms with Crippen LogP contribution >= 0.6 is 0 Å². The van der Waals surface area contributed by atoms with Crippen molar-refractivity contribution in [1.82, 2.24) is 5.32 Å². The van der Waals surface area contributed by atoms with E-state index in [1.807, 2.05) is 0 Å². The number of fused-ring (bicyclic) bond motifs is 1. The van der Waals surface area contributed by atoms with Crippen molar-refractivity contribution < 1.29 is 0 Å². The molecule has 3 atom stereocenters. The number of rotatable bonds is 3. The molecular formula is C17H26N2. The Morgan fingerprint density at radius 3 is 2.63 bits per heavy atom. The summed E-state index contributed by atoms with van der Waals surface area (Å²) in [6.07, 6.45) is 7.09. The Hall–Kier alpha value is -1.02. The lowest BCUT2D eigenvalue weighted by Gasteiger charge is -2.25. The first-order valence-corrected chi connectivity index (χ1v) is 7.76. The predicted octanol–water partition coefficient (Wildman–Crippen LogP) is 3.35. The molecule has 2 nitrogen and oxygen atoms in total. The zero-order chi connectivity index (χ0) is 13.2. The summed E-state index contributed by atoms with van der Waals surface area (Å²) >= 11 is 0. The Balaban J connectivity index is 1.58. The second-order valence-corrected chi connectivity index (χ2v) is 6.47. The van der Waals surface area contributed by atoms with Crippen molar-refractivity contribution in [2.45, 2.75) is 51.1 Å². The number of likely N-dealkylation sites (N-methyl/N-ethyl adjacent to an activating group) is 1. The van der Waals surface area contributed by atoms with Crippen LogP contribution in [0.15, 0.2) is 24.3 Å². The van der Waals surface area contributed by atoms with Crippen molar-refractivity contribution in [2.75, 3.05) is 18.5 Å². The van der Waals surface area contributed by atoms with E-state index in [2.05, 4.69) is 48.5 Å². The van der Waals surface area contributed by atoms with E-state index in [9.17, 15) is 0 Å². The average molecular weight is 258 g/mol. The summed E-state index contributed by atoms with van der Waals surface area (Å²) in [7, 11) is 2.22. The maximum absolute atomic E-state index is 3.86. The molecule has 104 valence electrons. The van der Waals surface area contributed by atoms with Crippen LogP contribution in [0.5, 0.6) is 0 Å². The standard InChI is InChI=1S/C17H26N2/c1-13-7-9-16(10-8-13)19(2)12-15-11-14-5-3-4-6-17(14)18-15/h7-10,14-15,17-18H,3-6,11-12H2,1-2H3. The number of anilines is 1. The van der Waals surface area contributed by atoms with Gasteiger partial charge in [0.05, 0.1) is 0 Å². The largest absolute Gasteiger partial charge is 0.373 e. The Kier molecular flexibility index (Phi) is 3.79. The van der Waals surface area contributed by atoms with Gasteiger partial charge < -0.3 is 10.2 Å². The van der Waals surface area contributed by atoms with E-state index >= 15 is 0 Å². The fraction of sp³-hybridized carbons (Fsp3) is 0.647. The van der Waals surface area contributed by atoms with Gasteiger partial charge in [0.1, 0.15) is 0 Å². The molecule has 0 spiro atoms. The van der Waals surface area contributed by atoms with Crippen molar-refractivity contribution >= 4 is 5.69 Å². The van der Waals surface area contributed by atoms with E-state index < -0.39 is 0 Å². The molecule has 1 saturated carbocycles. The summed E-state index contributed by atoms with van der Waals surface area (Å²) in [6, 6.07) is 10.4. The fourth-order valence-electron chi connectivity index (χ4n) is 3.81. The van der Waals surface area contributed by atoms with Gasteiger partial charge in [0.25, 0.3) is 0 Å². The molecule has 1 aromatic carbocycles. The number of hydrogen-bond acceptors (Lipinski definition) is 2. The molecule has 0 bridgehead atoms. The van der Waals surface area contributed by atoms with Gasteiger partial charge in [-0.2, -0.15) is 0 Å². The highest BCUT2D eigenvalue weighted by Gasteiger charge is 2.35. The highest BCUT2D eigenvalue weighted by molar-refractivity contribution is 5.46. The van der Waals surface area contributed by atoms with Gasteiger partial charge in [0, 0.05) is 31.4 Å². The second-order valence-electron chi connectivity index (χ2n) is 6.47. The first-order chi connectivity index (χ1) is 9.22. The Morgan fingerprint density at radius 2 is 1.89 bits per heavy atom. The summed E-state index contributed by atoms with van der Waals surface area (Å²) in [5.41, 5.74) is 2.67.